The molecule has 1 aliphatic carbocycles. The predicted molar refractivity (Wildman–Crippen MR) is 135 cm³/mol. The first-order valence-corrected chi connectivity index (χ1v) is 12.3. The number of nitrogens with one attached hydrogen (secondary N) is 2. The highest BCUT2D eigenvalue weighted by molar-refractivity contribution is 5.99. The lowest BCUT2D eigenvalue weighted by molar-refractivity contribution is -0.138. The normalized spacial score (nSPS) is 21.2. The van der Waals surface area contributed by atoms with E-state index in [0.717, 1.165) is 24.0 Å². The third-order valence-electron chi connectivity index (χ3n) is 6.98. The summed E-state index contributed by atoms with van der Waals surface area (Å²) in [5.41, 5.74) is 3.41. The highest BCUT2D eigenvalue weighted by Gasteiger charge is 2.33. The second kappa shape index (κ2) is 11.3. The van der Waals surface area contributed by atoms with Crippen LogP contribution in [0.25, 0.3) is 0 Å². The molecule has 2 aliphatic rings. The Kier molecular flexibility index (Phi) is 7.97. The van der Waals surface area contributed by atoms with Gasteiger partial charge in [0.2, 0.25) is 0 Å². The minimum atomic E-state index is -0.773. The highest BCUT2D eigenvalue weighted by atomic mass is 16.6. The van der Waals surface area contributed by atoms with E-state index in [1.807, 2.05) is 25.1 Å². The Hall–Kier alpha value is -3.75. The van der Waals surface area contributed by atoms with Gasteiger partial charge in [-0.05, 0) is 72.9 Å². The van der Waals surface area contributed by atoms with Gasteiger partial charge < -0.3 is 30.1 Å². The number of carbonyl (C=O) groups is 3. The summed E-state index contributed by atoms with van der Waals surface area (Å²) in [6.45, 7) is 3.01. The van der Waals surface area contributed by atoms with E-state index in [9.17, 15) is 14.4 Å². The number of carboxylic acids is 1. The van der Waals surface area contributed by atoms with Crippen molar-refractivity contribution in [1.82, 2.24) is 4.90 Å². The summed E-state index contributed by atoms with van der Waals surface area (Å²) in [6.07, 6.45) is 2.55. The number of benzene rings is 2. The topological polar surface area (TPSA) is 117 Å². The van der Waals surface area contributed by atoms with Gasteiger partial charge in [0, 0.05) is 37.0 Å². The minimum Gasteiger partial charge on any atom is -0.497 e. The van der Waals surface area contributed by atoms with Gasteiger partial charge in [-0.2, -0.15) is 0 Å². The van der Waals surface area contributed by atoms with Crippen LogP contribution in [0.4, 0.5) is 21.0 Å². The molecule has 4 rings (SSSR count). The molecule has 1 fully saturated rings. The Balaban J connectivity index is 1.29. The number of methoxy groups -OCH3 is 1. The maximum atomic E-state index is 12.8. The van der Waals surface area contributed by atoms with Crippen molar-refractivity contribution in [3.8, 4) is 5.75 Å². The molecule has 0 radical (unpaired) electrons. The molecular formula is C27H33N3O6. The lowest BCUT2D eigenvalue weighted by Crippen LogP contribution is -2.41. The van der Waals surface area contributed by atoms with E-state index in [1.54, 1.807) is 36.3 Å². The SMILES string of the molecule is COc1cccc(NC(=O)Nc2ccc3c(c2)CCN(C(=O)O[C@@H]2CC[C@@H](CC(=O)O)C[C@H]2C)C3)c1. The third kappa shape index (κ3) is 6.47. The van der Waals surface area contributed by atoms with Crippen molar-refractivity contribution in [2.75, 3.05) is 24.3 Å². The molecule has 3 N–H and O–H groups in total. The zero-order valence-corrected chi connectivity index (χ0v) is 20.7. The van der Waals surface area contributed by atoms with Crippen LogP contribution in [0, 0.1) is 11.8 Å². The predicted octanol–water partition coefficient (Wildman–Crippen LogP) is 5.11. The number of urea groups is 1. The molecule has 1 aliphatic heterocycles. The largest absolute Gasteiger partial charge is 0.497 e. The van der Waals surface area contributed by atoms with E-state index in [1.165, 1.54) is 0 Å². The molecule has 0 saturated heterocycles. The molecule has 9 nitrogen and oxygen atoms in total. The number of aliphatic carboxylic acids is 1. The van der Waals surface area contributed by atoms with Gasteiger partial charge in [-0.1, -0.05) is 19.1 Å². The van der Waals surface area contributed by atoms with E-state index in [-0.39, 0.29) is 36.5 Å². The average Bonchev–Trinajstić information content (AvgIpc) is 2.85. The maximum absolute atomic E-state index is 12.8. The van der Waals surface area contributed by atoms with Crippen LogP contribution in [-0.2, 0) is 22.5 Å². The standard InChI is InChI=1S/C27H33N3O6/c1-17-12-18(13-25(31)32)6-9-24(17)36-27(34)30-11-10-19-14-22(8-7-20(19)16-30)29-26(33)28-21-4-3-5-23(15-21)35-2/h3-5,7-8,14-15,17-18,24H,6,9-13,16H2,1-2H3,(H,31,32)(H2,28,29,33)/t17-,18-,24-/m1/s1. The molecule has 2 aromatic carbocycles. The molecule has 1 saturated carbocycles. The number of hydrogen-bond donors (Lipinski definition) is 3. The van der Waals surface area contributed by atoms with Gasteiger partial charge in [0.25, 0.3) is 0 Å². The van der Waals surface area contributed by atoms with Crippen LogP contribution in [0.1, 0.15) is 43.7 Å². The summed E-state index contributed by atoms with van der Waals surface area (Å²) in [5, 5.41) is 14.7. The lowest BCUT2D eigenvalue weighted by Gasteiger charge is -2.35. The first kappa shape index (κ1) is 25.3. The van der Waals surface area contributed by atoms with Gasteiger partial charge in [0.1, 0.15) is 11.9 Å². The van der Waals surface area contributed by atoms with Gasteiger partial charge in [0.05, 0.1) is 7.11 Å². The second-order valence-corrected chi connectivity index (χ2v) is 9.64. The number of amides is 3. The molecule has 36 heavy (non-hydrogen) atoms. The smallest absolute Gasteiger partial charge is 0.410 e. The van der Waals surface area contributed by atoms with Crippen LogP contribution >= 0.6 is 0 Å². The Bertz CT molecular complexity index is 1120. The van der Waals surface area contributed by atoms with Gasteiger partial charge in [-0.3, -0.25) is 4.79 Å². The van der Waals surface area contributed by atoms with Gasteiger partial charge in [0.15, 0.2) is 0 Å². The van der Waals surface area contributed by atoms with Gasteiger partial charge >= 0.3 is 18.1 Å². The molecular weight excluding hydrogens is 462 g/mol. The van der Waals surface area contributed by atoms with Crippen LogP contribution in [0.2, 0.25) is 0 Å². The zero-order chi connectivity index (χ0) is 25.7. The fraction of sp³-hybridized carbons (Fsp3) is 0.444. The quantitative estimate of drug-likeness (QED) is 0.512. The van der Waals surface area contributed by atoms with Crippen molar-refractivity contribution in [3.05, 3.63) is 53.6 Å². The van der Waals surface area contributed by atoms with Crippen molar-refractivity contribution in [2.24, 2.45) is 11.8 Å². The molecule has 192 valence electrons. The molecule has 9 heteroatoms. The summed E-state index contributed by atoms with van der Waals surface area (Å²) in [6, 6.07) is 12.5. The number of hydrogen-bond acceptors (Lipinski definition) is 5. The number of carbonyl (C=O) groups excluding carboxylic acids is 2. The Morgan fingerprint density at radius 2 is 1.83 bits per heavy atom. The number of rotatable bonds is 6. The number of fused-ring (bicyclic) bond motifs is 1. The molecule has 3 amide bonds. The van der Waals surface area contributed by atoms with E-state index in [0.29, 0.717) is 43.1 Å². The van der Waals surface area contributed by atoms with E-state index < -0.39 is 5.97 Å². The molecule has 0 aromatic heterocycles. The maximum Gasteiger partial charge on any atom is 0.410 e. The minimum absolute atomic E-state index is 0.140. The summed E-state index contributed by atoms with van der Waals surface area (Å²) >= 11 is 0. The molecule has 0 unspecified atom stereocenters. The van der Waals surface area contributed by atoms with Crippen molar-refractivity contribution in [1.29, 1.82) is 0 Å². The number of ether oxygens (including phenoxy) is 2. The summed E-state index contributed by atoms with van der Waals surface area (Å²) in [7, 11) is 1.57. The van der Waals surface area contributed by atoms with E-state index >= 15 is 0 Å². The monoisotopic (exact) mass is 495 g/mol. The Morgan fingerprint density at radius 3 is 2.56 bits per heavy atom. The lowest BCUT2D eigenvalue weighted by atomic mass is 9.79. The molecule has 0 bridgehead atoms. The Labute approximate surface area is 210 Å². The van der Waals surface area contributed by atoms with Crippen molar-refractivity contribution >= 4 is 29.5 Å². The Morgan fingerprint density at radius 1 is 1.06 bits per heavy atom. The number of nitrogens with zero attached hydrogens (tertiary/aromatic N) is 1. The number of anilines is 2. The van der Waals surface area contributed by atoms with Crippen LogP contribution in [0.5, 0.6) is 5.75 Å². The molecule has 3 atom stereocenters. The third-order valence-corrected chi connectivity index (χ3v) is 6.98. The molecule has 0 spiro atoms. The summed E-state index contributed by atoms with van der Waals surface area (Å²) in [4.78, 5) is 38.0. The highest BCUT2D eigenvalue weighted by Crippen LogP contribution is 2.33. The summed E-state index contributed by atoms with van der Waals surface area (Å²) < 4.78 is 11.0. The van der Waals surface area contributed by atoms with Gasteiger partial charge in [-0.15, -0.1) is 0 Å². The van der Waals surface area contributed by atoms with E-state index in [2.05, 4.69) is 10.6 Å². The van der Waals surface area contributed by atoms with Crippen LogP contribution in [0.3, 0.4) is 0 Å². The summed E-state index contributed by atoms with van der Waals surface area (Å²) in [5.74, 6) is 0.172. The van der Waals surface area contributed by atoms with Crippen molar-refractivity contribution in [2.45, 2.75) is 51.7 Å². The first-order valence-electron chi connectivity index (χ1n) is 12.3. The van der Waals surface area contributed by atoms with Crippen molar-refractivity contribution in [3.63, 3.8) is 0 Å². The zero-order valence-electron chi connectivity index (χ0n) is 20.7. The number of carboxylic acid groups (broad SMARTS) is 1. The fourth-order valence-corrected chi connectivity index (χ4v) is 5.07. The first-order chi connectivity index (χ1) is 17.3. The van der Waals surface area contributed by atoms with Gasteiger partial charge in [-0.25, -0.2) is 9.59 Å². The van der Waals surface area contributed by atoms with Crippen LogP contribution < -0.4 is 15.4 Å². The van der Waals surface area contributed by atoms with Crippen LogP contribution in [0.15, 0.2) is 42.5 Å². The average molecular weight is 496 g/mol. The fourth-order valence-electron chi connectivity index (χ4n) is 5.07. The van der Waals surface area contributed by atoms with Crippen molar-refractivity contribution < 1.29 is 29.0 Å². The molecule has 2 aromatic rings. The van der Waals surface area contributed by atoms with Crippen LogP contribution in [-0.4, -0.2) is 47.9 Å². The second-order valence-electron chi connectivity index (χ2n) is 9.64. The van der Waals surface area contributed by atoms with E-state index in [4.69, 9.17) is 14.6 Å². The molecule has 1 heterocycles.